The molecule has 0 bridgehead atoms. The summed E-state index contributed by atoms with van der Waals surface area (Å²) in [5, 5.41) is 13.7. The number of nitrogens with zero attached hydrogens (tertiary/aromatic N) is 1. The van der Waals surface area contributed by atoms with Crippen LogP contribution < -0.4 is 15.8 Å². The lowest BCUT2D eigenvalue weighted by Crippen LogP contribution is -2.38. The Morgan fingerprint density at radius 2 is 2.05 bits per heavy atom. The SMILES string of the molecule is Nc1ccc(NCC2(O)CCCCC2)nc1OCC1CC1. The summed E-state index contributed by atoms with van der Waals surface area (Å²) in [7, 11) is 0. The molecule has 4 N–H and O–H groups in total. The number of aromatic nitrogens is 1. The lowest BCUT2D eigenvalue weighted by atomic mass is 9.85. The molecule has 5 heteroatoms. The highest BCUT2D eigenvalue weighted by atomic mass is 16.5. The van der Waals surface area contributed by atoms with Crippen LogP contribution in [0.25, 0.3) is 0 Å². The van der Waals surface area contributed by atoms with Gasteiger partial charge in [-0.2, -0.15) is 4.98 Å². The van der Waals surface area contributed by atoms with Gasteiger partial charge in [-0.3, -0.25) is 0 Å². The smallest absolute Gasteiger partial charge is 0.239 e. The fourth-order valence-corrected chi connectivity index (χ4v) is 2.79. The fraction of sp³-hybridized carbons (Fsp3) is 0.688. The summed E-state index contributed by atoms with van der Waals surface area (Å²) in [6, 6.07) is 3.65. The van der Waals surface area contributed by atoms with Crippen LogP contribution in [0.2, 0.25) is 0 Å². The summed E-state index contributed by atoms with van der Waals surface area (Å²) in [5.74, 6) is 1.89. The second-order valence-corrected chi connectivity index (χ2v) is 6.48. The summed E-state index contributed by atoms with van der Waals surface area (Å²) in [5.41, 5.74) is 5.86. The van der Waals surface area contributed by atoms with Gasteiger partial charge in [0.25, 0.3) is 0 Å². The van der Waals surface area contributed by atoms with Gasteiger partial charge in [0.1, 0.15) is 5.82 Å². The Kier molecular flexibility index (Phi) is 4.19. The molecule has 0 spiro atoms. The zero-order valence-corrected chi connectivity index (χ0v) is 12.5. The van der Waals surface area contributed by atoms with Crippen LogP contribution in [0, 0.1) is 5.92 Å². The molecular formula is C16H25N3O2. The van der Waals surface area contributed by atoms with Crippen molar-refractivity contribution in [1.82, 2.24) is 4.98 Å². The normalized spacial score (nSPS) is 21.0. The molecule has 0 aromatic carbocycles. The van der Waals surface area contributed by atoms with Crippen molar-refractivity contribution >= 4 is 11.5 Å². The Morgan fingerprint density at radius 3 is 2.76 bits per heavy atom. The molecule has 0 radical (unpaired) electrons. The lowest BCUT2D eigenvalue weighted by molar-refractivity contribution is 0.0166. The molecule has 5 nitrogen and oxygen atoms in total. The lowest BCUT2D eigenvalue weighted by Gasteiger charge is -2.32. The maximum Gasteiger partial charge on any atom is 0.239 e. The molecule has 0 saturated heterocycles. The number of rotatable bonds is 6. The van der Waals surface area contributed by atoms with Gasteiger partial charge in [-0.05, 0) is 43.7 Å². The van der Waals surface area contributed by atoms with Crippen LogP contribution in [0.4, 0.5) is 11.5 Å². The van der Waals surface area contributed by atoms with Crippen LogP contribution in [0.3, 0.4) is 0 Å². The van der Waals surface area contributed by atoms with Crippen molar-refractivity contribution in [2.45, 2.75) is 50.5 Å². The van der Waals surface area contributed by atoms with Gasteiger partial charge >= 0.3 is 0 Å². The third kappa shape index (κ3) is 4.00. The van der Waals surface area contributed by atoms with Crippen LogP contribution in [0.5, 0.6) is 5.88 Å². The summed E-state index contributed by atoms with van der Waals surface area (Å²) >= 11 is 0. The predicted octanol–water partition coefficient (Wildman–Crippen LogP) is 2.56. The number of aliphatic hydroxyl groups is 1. The second kappa shape index (κ2) is 6.10. The standard InChI is InChI=1S/C16H25N3O2/c17-13-6-7-14(19-15(13)21-10-12-4-5-12)18-11-16(20)8-2-1-3-9-16/h6-7,12,20H,1-5,8-11,17H2,(H,18,19). The minimum absolute atomic E-state index is 0.502. The molecule has 1 aromatic rings. The second-order valence-electron chi connectivity index (χ2n) is 6.48. The Hall–Kier alpha value is -1.49. The molecular weight excluding hydrogens is 266 g/mol. The van der Waals surface area contributed by atoms with Gasteiger partial charge in [-0.15, -0.1) is 0 Å². The van der Waals surface area contributed by atoms with E-state index in [1.54, 1.807) is 0 Å². The highest BCUT2D eigenvalue weighted by Gasteiger charge is 2.29. The fourth-order valence-electron chi connectivity index (χ4n) is 2.79. The Labute approximate surface area is 125 Å². The summed E-state index contributed by atoms with van der Waals surface area (Å²) in [6.45, 7) is 1.23. The first-order chi connectivity index (χ1) is 10.1. The summed E-state index contributed by atoms with van der Waals surface area (Å²) in [6.07, 6.45) is 7.63. The summed E-state index contributed by atoms with van der Waals surface area (Å²) in [4.78, 5) is 4.42. The van der Waals surface area contributed by atoms with E-state index in [2.05, 4.69) is 10.3 Å². The zero-order valence-electron chi connectivity index (χ0n) is 12.5. The van der Waals surface area contributed by atoms with Gasteiger partial charge in [-0.1, -0.05) is 19.3 Å². The van der Waals surface area contributed by atoms with Crippen LogP contribution in [0.15, 0.2) is 12.1 Å². The van der Waals surface area contributed by atoms with E-state index >= 15 is 0 Å². The molecule has 0 amide bonds. The maximum absolute atomic E-state index is 10.5. The van der Waals surface area contributed by atoms with Crippen LogP contribution in [0.1, 0.15) is 44.9 Å². The van der Waals surface area contributed by atoms with Crippen molar-refractivity contribution in [2.75, 3.05) is 24.2 Å². The van der Waals surface area contributed by atoms with Crippen molar-refractivity contribution in [3.63, 3.8) is 0 Å². The van der Waals surface area contributed by atoms with Crippen LogP contribution in [-0.4, -0.2) is 28.8 Å². The van der Waals surface area contributed by atoms with E-state index in [0.29, 0.717) is 36.5 Å². The van der Waals surface area contributed by atoms with Crippen molar-refractivity contribution in [2.24, 2.45) is 5.92 Å². The third-order valence-electron chi connectivity index (χ3n) is 4.43. The van der Waals surface area contributed by atoms with E-state index in [4.69, 9.17) is 10.5 Å². The Bertz CT molecular complexity index is 482. The molecule has 21 heavy (non-hydrogen) atoms. The average molecular weight is 291 g/mol. The maximum atomic E-state index is 10.5. The minimum Gasteiger partial charge on any atom is -0.476 e. The topological polar surface area (TPSA) is 80.4 Å². The zero-order chi connectivity index (χ0) is 14.7. The van der Waals surface area contributed by atoms with E-state index in [9.17, 15) is 5.11 Å². The molecule has 2 fully saturated rings. The van der Waals surface area contributed by atoms with Gasteiger partial charge in [0.15, 0.2) is 0 Å². The first-order valence-corrected chi connectivity index (χ1v) is 8.00. The monoisotopic (exact) mass is 291 g/mol. The van der Waals surface area contributed by atoms with E-state index in [1.165, 1.54) is 19.3 Å². The molecule has 1 aromatic heterocycles. The molecule has 1 heterocycles. The van der Waals surface area contributed by atoms with Gasteiger partial charge in [0, 0.05) is 6.54 Å². The predicted molar refractivity (Wildman–Crippen MR) is 83.4 cm³/mol. The highest BCUT2D eigenvalue weighted by molar-refractivity contribution is 5.53. The van der Waals surface area contributed by atoms with Crippen molar-refractivity contribution in [3.05, 3.63) is 12.1 Å². The first kappa shape index (κ1) is 14.4. The van der Waals surface area contributed by atoms with E-state index < -0.39 is 5.60 Å². The van der Waals surface area contributed by atoms with Gasteiger partial charge in [-0.25, -0.2) is 0 Å². The van der Waals surface area contributed by atoms with Crippen molar-refractivity contribution < 1.29 is 9.84 Å². The van der Waals surface area contributed by atoms with Crippen LogP contribution >= 0.6 is 0 Å². The number of nitrogens with two attached hydrogens (primary N) is 1. The molecule has 116 valence electrons. The molecule has 0 aliphatic heterocycles. The van der Waals surface area contributed by atoms with E-state index in [1.807, 2.05) is 12.1 Å². The number of hydrogen-bond acceptors (Lipinski definition) is 5. The molecule has 3 rings (SSSR count). The number of pyridine rings is 1. The minimum atomic E-state index is -0.601. The van der Waals surface area contributed by atoms with Crippen molar-refractivity contribution in [1.29, 1.82) is 0 Å². The number of nitrogen functional groups attached to an aromatic ring is 1. The third-order valence-corrected chi connectivity index (χ3v) is 4.43. The Balaban J connectivity index is 1.57. The molecule has 0 atom stereocenters. The average Bonchev–Trinajstić information content (AvgIpc) is 3.30. The largest absolute Gasteiger partial charge is 0.476 e. The molecule has 2 aliphatic rings. The summed E-state index contributed by atoms with van der Waals surface area (Å²) < 4.78 is 5.68. The number of ether oxygens (including phenoxy) is 1. The van der Waals surface area contributed by atoms with Crippen LogP contribution in [-0.2, 0) is 0 Å². The molecule has 2 aliphatic carbocycles. The first-order valence-electron chi connectivity index (χ1n) is 8.00. The number of anilines is 2. The van der Waals surface area contributed by atoms with Gasteiger partial charge in [0.05, 0.1) is 17.9 Å². The number of hydrogen-bond donors (Lipinski definition) is 3. The van der Waals surface area contributed by atoms with Gasteiger partial charge in [0.2, 0.25) is 5.88 Å². The highest BCUT2D eigenvalue weighted by Crippen LogP contribution is 2.31. The number of nitrogens with one attached hydrogen (secondary N) is 1. The van der Waals surface area contributed by atoms with E-state index in [-0.39, 0.29) is 0 Å². The molecule has 2 saturated carbocycles. The quantitative estimate of drug-likeness (QED) is 0.750. The molecule has 0 unspecified atom stereocenters. The van der Waals surface area contributed by atoms with E-state index in [0.717, 1.165) is 25.7 Å². The van der Waals surface area contributed by atoms with Crippen molar-refractivity contribution in [3.8, 4) is 5.88 Å². The van der Waals surface area contributed by atoms with Gasteiger partial charge < -0.3 is 20.9 Å². The Morgan fingerprint density at radius 1 is 1.29 bits per heavy atom.